The van der Waals surface area contributed by atoms with E-state index in [0.717, 1.165) is 12.8 Å². The third-order valence-electron chi connectivity index (χ3n) is 2.94. The Morgan fingerprint density at radius 3 is 2.82 bits per heavy atom. The lowest BCUT2D eigenvalue weighted by molar-refractivity contribution is 0.166. The highest BCUT2D eigenvalue weighted by Gasteiger charge is 2.27. The van der Waals surface area contributed by atoms with Crippen molar-refractivity contribution in [1.29, 1.82) is 0 Å². The van der Waals surface area contributed by atoms with Crippen molar-refractivity contribution >= 4 is 11.7 Å². The van der Waals surface area contributed by atoms with Crippen LogP contribution in [-0.4, -0.2) is 35.2 Å². The van der Waals surface area contributed by atoms with Crippen LogP contribution in [0.15, 0.2) is 24.3 Å². The van der Waals surface area contributed by atoms with Crippen molar-refractivity contribution < 1.29 is 14.3 Å². The SMILES string of the molecule is O=C(Nc1ccc(F)cc1)N1CCC[C@@H]1CO. The van der Waals surface area contributed by atoms with Gasteiger partial charge in [0.15, 0.2) is 0 Å². The Hall–Kier alpha value is -1.62. The van der Waals surface area contributed by atoms with Gasteiger partial charge in [-0.3, -0.25) is 0 Å². The van der Waals surface area contributed by atoms with Crippen molar-refractivity contribution in [3.05, 3.63) is 30.1 Å². The fraction of sp³-hybridized carbons (Fsp3) is 0.417. The molecule has 1 atom stereocenters. The van der Waals surface area contributed by atoms with Gasteiger partial charge in [-0.15, -0.1) is 0 Å². The van der Waals surface area contributed by atoms with Crippen LogP contribution >= 0.6 is 0 Å². The molecule has 0 spiro atoms. The maximum Gasteiger partial charge on any atom is 0.322 e. The number of rotatable bonds is 2. The number of nitrogens with one attached hydrogen (secondary N) is 1. The van der Waals surface area contributed by atoms with Crippen LogP contribution < -0.4 is 5.32 Å². The number of anilines is 1. The molecule has 0 aliphatic carbocycles. The molecule has 2 amide bonds. The van der Waals surface area contributed by atoms with Crippen LogP contribution in [0.4, 0.5) is 14.9 Å². The van der Waals surface area contributed by atoms with E-state index >= 15 is 0 Å². The van der Waals surface area contributed by atoms with E-state index in [-0.39, 0.29) is 24.5 Å². The minimum Gasteiger partial charge on any atom is -0.394 e. The summed E-state index contributed by atoms with van der Waals surface area (Å²) in [4.78, 5) is 13.5. The van der Waals surface area contributed by atoms with Crippen molar-refractivity contribution in [2.45, 2.75) is 18.9 Å². The molecule has 2 rings (SSSR count). The van der Waals surface area contributed by atoms with E-state index < -0.39 is 0 Å². The molecule has 0 aromatic heterocycles. The molecule has 1 aromatic carbocycles. The van der Waals surface area contributed by atoms with Gasteiger partial charge in [0.05, 0.1) is 12.6 Å². The van der Waals surface area contributed by atoms with Crippen LogP contribution in [-0.2, 0) is 0 Å². The molecular weight excluding hydrogens is 223 g/mol. The summed E-state index contributed by atoms with van der Waals surface area (Å²) in [7, 11) is 0. The predicted octanol–water partition coefficient (Wildman–Crippen LogP) is 1.81. The zero-order chi connectivity index (χ0) is 12.3. The Morgan fingerprint density at radius 1 is 1.47 bits per heavy atom. The lowest BCUT2D eigenvalue weighted by atomic mass is 10.2. The Bertz CT molecular complexity index is 394. The molecule has 1 saturated heterocycles. The Kier molecular flexibility index (Phi) is 3.58. The Morgan fingerprint density at radius 2 is 2.18 bits per heavy atom. The third kappa shape index (κ3) is 2.74. The van der Waals surface area contributed by atoms with Gasteiger partial charge in [-0.25, -0.2) is 9.18 Å². The fourth-order valence-corrected chi connectivity index (χ4v) is 2.02. The smallest absolute Gasteiger partial charge is 0.322 e. The summed E-state index contributed by atoms with van der Waals surface area (Å²) in [5.74, 6) is -0.336. The second-order valence-electron chi connectivity index (χ2n) is 4.11. The largest absolute Gasteiger partial charge is 0.394 e. The molecule has 92 valence electrons. The number of benzene rings is 1. The molecule has 5 heteroatoms. The van der Waals surface area contributed by atoms with Crippen molar-refractivity contribution in [3.63, 3.8) is 0 Å². The predicted molar refractivity (Wildman–Crippen MR) is 62.2 cm³/mol. The third-order valence-corrected chi connectivity index (χ3v) is 2.94. The number of amides is 2. The monoisotopic (exact) mass is 238 g/mol. The molecule has 1 aliphatic rings. The second-order valence-corrected chi connectivity index (χ2v) is 4.11. The molecule has 1 aliphatic heterocycles. The van der Waals surface area contributed by atoms with Gasteiger partial charge in [0.1, 0.15) is 5.82 Å². The molecule has 0 unspecified atom stereocenters. The highest BCUT2D eigenvalue weighted by atomic mass is 19.1. The zero-order valence-corrected chi connectivity index (χ0v) is 9.40. The van der Waals surface area contributed by atoms with Gasteiger partial charge in [-0.1, -0.05) is 0 Å². The van der Waals surface area contributed by atoms with E-state index in [1.807, 2.05) is 0 Å². The molecule has 0 bridgehead atoms. The maximum atomic E-state index is 12.7. The average molecular weight is 238 g/mol. The van der Waals surface area contributed by atoms with Gasteiger partial charge in [0, 0.05) is 12.2 Å². The van der Waals surface area contributed by atoms with Crippen LogP contribution in [0.1, 0.15) is 12.8 Å². The number of halogens is 1. The summed E-state index contributed by atoms with van der Waals surface area (Å²) < 4.78 is 12.7. The quantitative estimate of drug-likeness (QED) is 0.825. The van der Waals surface area contributed by atoms with E-state index in [1.165, 1.54) is 24.3 Å². The van der Waals surface area contributed by atoms with Crippen molar-refractivity contribution in [3.8, 4) is 0 Å². The number of urea groups is 1. The number of likely N-dealkylation sites (tertiary alicyclic amines) is 1. The topological polar surface area (TPSA) is 52.6 Å². The Labute approximate surface area is 99.0 Å². The highest BCUT2D eigenvalue weighted by molar-refractivity contribution is 5.89. The summed E-state index contributed by atoms with van der Waals surface area (Å²) in [5.41, 5.74) is 0.556. The van der Waals surface area contributed by atoms with Crippen LogP contribution in [0.5, 0.6) is 0 Å². The standard InChI is InChI=1S/C12H15FN2O2/c13-9-3-5-10(6-4-9)14-12(17)15-7-1-2-11(15)8-16/h3-6,11,16H,1-2,7-8H2,(H,14,17)/t11-/m1/s1. The first kappa shape index (κ1) is 11.9. The number of aliphatic hydroxyl groups is 1. The summed E-state index contributed by atoms with van der Waals surface area (Å²) in [6, 6.07) is 5.27. The first-order chi connectivity index (χ1) is 8.20. The molecule has 0 saturated carbocycles. The van der Waals surface area contributed by atoms with Crippen LogP contribution in [0.25, 0.3) is 0 Å². The first-order valence-electron chi connectivity index (χ1n) is 5.65. The minimum absolute atomic E-state index is 0.0170. The molecule has 2 N–H and O–H groups in total. The van der Waals surface area contributed by atoms with Crippen LogP contribution in [0, 0.1) is 5.82 Å². The molecule has 0 radical (unpaired) electrons. The summed E-state index contributed by atoms with van der Waals surface area (Å²) >= 11 is 0. The maximum absolute atomic E-state index is 12.7. The summed E-state index contributed by atoms with van der Waals surface area (Å²) in [6.07, 6.45) is 1.73. The van der Waals surface area contributed by atoms with E-state index in [2.05, 4.69) is 5.32 Å². The number of hydrogen-bond donors (Lipinski definition) is 2. The van der Waals surface area contributed by atoms with Crippen LogP contribution in [0.2, 0.25) is 0 Å². The van der Waals surface area contributed by atoms with Crippen molar-refractivity contribution in [1.82, 2.24) is 4.90 Å². The summed E-state index contributed by atoms with van der Waals surface area (Å²) in [5, 5.41) is 11.8. The van der Waals surface area contributed by atoms with Gasteiger partial charge in [0.2, 0.25) is 0 Å². The highest BCUT2D eigenvalue weighted by Crippen LogP contribution is 2.18. The summed E-state index contributed by atoms with van der Waals surface area (Å²) in [6.45, 7) is 0.634. The van der Waals surface area contributed by atoms with E-state index in [9.17, 15) is 9.18 Å². The normalized spacial score (nSPS) is 19.4. The Balaban J connectivity index is 1.99. The average Bonchev–Trinajstić information content (AvgIpc) is 2.80. The molecular formula is C12H15FN2O2. The van der Waals surface area contributed by atoms with E-state index in [0.29, 0.717) is 12.2 Å². The molecule has 1 fully saturated rings. The van der Waals surface area contributed by atoms with Gasteiger partial charge < -0.3 is 15.3 Å². The van der Waals surface area contributed by atoms with Gasteiger partial charge in [0.25, 0.3) is 0 Å². The van der Waals surface area contributed by atoms with E-state index in [4.69, 9.17) is 5.11 Å². The number of nitrogens with zero attached hydrogens (tertiary/aromatic N) is 1. The number of carbonyl (C=O) groups excluding carboxylic acids is 1. The first-order valence-corrected chi connectivity index (χ1v) is 5.65. The molecule has 1 aromatic rings. The van der Waals surface area contributed by atoms with Gasteiger partial charge in [-0.2, -0.15) is 0 Å². The van der Waals surface area contributed by atoms with Gasteiger partial charge >= 0.3 is 6.03 Å². The van der Waals surface area contributed by atoms with Crippen LogP contribution in [0.3, 0.4) is 0 Å². The van der Waals surface area contributed by atoms with Crippen molar-refractivity contribution in [2.75, 3.05) is 18.5 Å². The molecule has 4 nitrogen and oxygen atoms in total. The minimum atomic E-state index is -0.336. The number of hydrogen-bond acceptors (Lipinski definition) is 2. The fourth-order valence-electron chi connectivity index (χ4n) is 2.02. The second kappa shape index (κ2) is 5.14. The molecule has 1 heterocycles. The number of carbonyl (C=O) groups is 1. The van der Waals surface area contributed by atoms with E-state index in [1.54, 1.807) is 4.90 Å². The number of aliphatic hydroxyl groups excluding tert-OH is 1. The van der Waals surface area contributed by atoms with Crippen molar-refractivity contribution in [2.24, 2.45) is 0 Å². The lowest BCUT2D eigenvalue weighted by Crippen LogP contribution is -2.40. The van der Waals surface area contributed by atoms with Gasteiger partial charge in [-0.05, 0) is 37.1 Å². The molecule has 17 heavy (non-hydrogen) atoms. The zero-order valence-electron chi connectivity index (χ0n) is 9.40. The lowest BCUT2D eigenvalue weighted by Gasteiger charge is -2.23.